The van der Waals surface area contributed by atoms with E-state index in [0.717, 1.165) is 29.0 Å². The van der Waals surface area contributed by atoms with Gasteiger partial charge in [0.25, 0.3) is 0 Å². The number of carbonyl (C=O) groups is 1. The lowest BCUT2D eigenvalue weighted by Crippen LogP contribution is -2.42. The molecule has 5 aliphatic rings. The first kappa shape index (κ1) is 31.4. The second-order valence-electron chi connectivity index (χ2n) is 17.4. The van der Waals surface area contributed by atoms with Gasteiger partial charge in [-0.2, -0.15) is 0 Å². The number of benzene rings is 4. The van der Waals surface area contributed by atoms with Gasteiger partial charge in [0, 0.05) is 57.3 Å². The van der Waals surface area contributed by atoms with Crippen LogP contribution in [0.5, 0.6) is 0 Å². The van der Waals surface area contributed by atoms with E-state index in [0.29, 0.717) is 17.7 Å². The van der Waals surface area contributed by atoms with E-state index in [2.05, 4.69) is 143 Å². The fourth-order valence-electron chi connectivity index (χ4n) is 10.3. The molecular formula is C47H44N4O. The third-order valence-electron chi connectivity index (χ3n) is 13.3. The zero-order valence-electron chi connectivity index (χ0n) is 31.3. The molecule has 0 saturated heterocycles. The number of aromatic nitrogens is 1. The second-order valence-corrected chi connectivity index (χ2v) is 17.4. The van der Waals surface area contributed by atoms with Crippen LogP contribution >= 0.6 is 0 Å². The molecule has 1 aromatic heterocycles. The second kappa shape index (κ2) is 9.97. The van der Waals surface area contributed by atoms with Crippen molar-refractivity contribution in [1.82, 2.24) is 4.98 Å². The van der Waals surface area contributed by atoms with Crippen molar-refractivity contribution in [2.45, 2.75) is 83.5 Å². The maximum absolute atomic E-state index is 14.7. The summed E-state index contributed by atoms with van der Waals surface area (Å²) >= 11 is 0. The standard InChI is InChI=1S/C47H44N4O/c1-44(2)29-19-21-48-25-39(29)50-37-17-15-27(23-35(37)46(5,6)33-13-9-11-31(44)41(33)50)43(52)28-16-18-38-36(24-28)47(7,8)34-14-10-12-32-42(34)51(38)40-26-49-22-20-30(40)45(32,3)4/h9-19,21-25H,20,26H2,1-8H3. The Bertz CT molecular complexity index is 2510. The van der Waals surface area contributed by atoms with Crippen LogP contribution in [0.1, 0.15) is 117 Å². The van der Waals surface area contributed by atoms with E-state index >= 15 is 0 Å². The molecular weight excluding hydrogens is 637 g/mol. The molecule has 10 rings (SSSR count). The number of ketones is 1. The Morgan fingerprint density at radius 3 is 1.69 bits per heavy atom. The molecule has 5 aliphatic heterocycles. The largest absolute Gasteiger partial charge is 0.311 e. The first-order valence-corrected chi connectivity index (χ1v) is 18.6. The highest BCUT2D eigenvalue weighted by atomic mass is 16.1. The zero-order valence-corrected chi connectivity index (χ0v) is 31.3. The van der Waals surface area contributed by atoms with Crippen LogP contribution in [0.25, 0.3) is 0 Å². The lowest BCUT2D eigenvalue weighted by atomic mass is 9.65. The quantitative estimate of drug-likeness (QED) is 0.174. The van der Waals surface area contributed by atoms with Crippen molar-refractivity contribution in [2.75, 3.05) is 16.3 Å². The molecule has 5 nitrogen and oxygen atoms in total. The molecule has 0 fully saturated rings. The molecule has 6 heterocycles. The summed E-state index contributed by atoms with van der Waals surface area (Å²) < 4.78 is 0. The molecule has 0 unspecified atom stereocenters. The maximum atomic E-state index is 14.7. The smallest absolute Gasteiger partial charge is 0.193 e. The van der Waals surface area contributed by atoms with E-state index in [9.17, 15) is 4.79 Å². The third kappa shape index (κ3) is 3.76. The molecule has 0 amide bonds. The van der Waals surface area contributed by atoms with Crippen molar-refractivity contribution in [3.8, 4) is 0 Å². The number of nitrogens with zero attached hydrogens (tertiary/aromatic N) is 4. The first-order valence-electron chi connectivity index (χ1n) is 18.6. The Balaban J connectivity index is 1.11. The SMILES string of the molecule is CC1(C)C2=C(CN=CC2)N2c3ccc(C(=O)c4ccc5c(c4)C(C)(C)c4cccc6c4N5c4cnccc4C6(C)C)cc3C(C)(C)c3cccc1c32. The number of carbonyl (C=O) groups excluding carboxylic acids is 1. The molecule has 0 spiro atoms. The van der Waals surface area contributed by atoms with Gasteiger partial charge in [-0.3, -0.25) is 14.8 Å². The number of dihydropyridines is 1. The summed E-state index contributed by atoms with van der Waals surface area (Å²) in [6.45, 7) is 19.2. The summed E-state index contributed by atoms with van der Waals surface area (Å²) in [6.07, 6.45) is 6.82. The Morgan fingerprint density at radius 1 is 0.577 bits per heavy atom. The van der Waals surface area contributed by atoms with Crippen molar-refractivity contribution in [2.24, 2.45) is 4.99 Å². The van der Waals surface area contributed by atoms with Gasteiger partial charge in [0.05, 0.1) is 41.2 Å². The number of aliphatic imine (C=N–C) groups is 1. The van der Waals surface area contributed by atoms with Gasteiger partial charge in [0.15, 0.2) is 5.78 Å². The lowest BCUT2D eigenvalue weighted by Gasteiger charge is -2.50. The molecule has 258 valence electrons. The Labute approximate surface area is 306 Å². The van der Waals surface area contributed by atoms with Crippen LogP contribution in [0.4, 0.5) is 28.4 Å². The van der Waals surface area contributed by atoms with E-state index in [1.807, 2.05) is 24.5 Å². The molecule has 0 atom stereocenters. The molecule has 4 aromatic carbocycles. The number of allylic oxidation sites excluding steroid dienone is 1. The van der Waals surface area contributed by atoms with Crippen LogP contribution in [0.2, 0.25) is 0 Å². The van der Waals surface area contributed by atoms with Gasteiger partial charge < -0.3 is 9.80 Å². The monoisotopic (exact) mass is 680 g/mol. The highest BCUT2D eigenvalue weighted by molar-refractivity contribution is 6.10. The average molecular weight is 681 g/mol. The molecule has 5 heteroatoms. The zero-order chi connectivity index (χ0) is 36.1. The summed E-state index contributed by atoms with van der Waals surface area (Å²) in [5.41, 5.74) is 18.0. The van der Waals surface area contributed by atoms with Crippen LogP contribution in [0.15, 0.2) is 108 Å². The van der Waals surface area contributed by atoms with Crippen molar-refractivity contribution in [3.63, 3.8) is 0 Å². The van der Waals surface area contributed by atoms with Crippen LogP contribution in [-0.2, 0) is 21.7 Å². The fraction of sp³-hybridized carbons (Fsp3) is 0.298. The fourth-order valence-corrected chi connectivity index (χ4v) is 10.3. The normalized spacial score (nSPS) is 19.8. The topological polar surface area (TPSA) is 48.8 Å². The summed E-state index contributed by atoms with van der Waals surface area (Å²) in [5, 5.41) is 0. The first-order chi connectivity index (χ1) is 24.8. The summed E-state index contributed by atoms with van der Waals surface area (Å²) in [4.78, 5) is 28.9. The van der Waals surface area contributed by atoms with Gasteiger partial charge in [-0.05, 0) is 87.0 Å². The Hall–Kier alpha value is -5.29. The maximum Gasteiger partial charge on any atom is 0.193 e. The average Bonchev–Trinajstić information content (AvgIpc) is 3.14. The van der Waals surface area contributed by atoms with Gasteiger partial charge in [-0.1, -0.05) is 91.8 Å². The molecule has 0 bridgehead atoms. The molecule has 0 saturated carbocycles. The Morgan fingerprint density at radius 2 is 1.10 bits per heavy atom. The van der Waals surface area contributed by atoms with Crippen LogP contribution in [0, 0.1) is 0 Å². The predicted molar refractivity (Wildman–Crippen MR) is 212 cm³/mol. The molecule has 52 heavy (non-hydrogen) atoms. The lowest BCUT2D eigenvalue weighted by molar-refractivity contribution is 0.103. The number of para-hydroxylation sites is 2. The summed E-state index contributed by atoms with van der Waals surface area (Å²) in [7, 11) is 0. The summed E-state index contributed by atoms with van der Waals surface area (Å²) in [5.74, 6) is 0.0417. The number of anilines is 5. The number of pyridine rings is 1. The van der Waals surface area contributed by atoms with Gasteiger partial charge >= 0.3 is 0 Å². The van der Waals surface area contributed by atoms with E-state index in [1.165, 1.54) is 56.0 Å². The van der Waals surface area contributed by atoms with Gasteiger partial charge in [-0.15, -0.1) is 0 Å². The predicted octanol–water partition coefficient (Wildman–Crippen LogP) is 10.9. The third-order valence-corrected chi connectivity index (χ3v) is 13.3. The number of fused-ring (bicyclic) bond motifs is 7. The van der Waals surface area contributed by atoms with Crippen molar-refractivity contribution >= 4 is 40.4 Å². The molecule has 5 aromatic rings. The van der Waals surface area contributed by atoms with Gasteiger partial charge in [-0.25, -0.2) is 0 Å². The van der Waals surface area contributed by atoms with E-state index in [4.69, 9.17) is 4.99 Å². The van der Waals surface area contributed by atoms with Gasteiger partial charge in [0.1, 0.15) is 0 Å². The number of hydrogen-bond donors (Lipinski definition) is 0. The van der Waals surface area contributed by atoms with E-state index in [1.54, 1.807) is 0 Å². The highest BCUT2D eigenvalue weighted by Gasteiger charge is 2.48. The van der Waals surface area contributed by atoms with Crippen LogP contribution in [0.3, 0.4) is 0 Å². The van der Waals surface area contributed by atoms with Crippen LogP contribution in [-0.4, -0.2) is 23.5 Å². The summed E-state index contributed by atoms with van der Waals surface area (Å²) in [6, 6.07) is 28.4. The minimum atomic E-state index is -0.321. The molecule has 0 N–H and O–H groups in total. The van der Waals surface area contributed by atoms with E-state index < -0.39 is 0 Å². The number of rotatable bonds is 2. The van der Waals surface area contributed by atoms with Crippen molar-refractivity contribution < 1.29 is 4.79 Å². The van der Waals surface area contributed by atoms with Gasteiger partial charge in [0.2, 0.25) is 0 Å². The van der Waals surface area contributed by atoms with Crippen molar-refractivity contribution in [3.05, 3.63) is 153 Å². The van der Waals surface area contributed by atoms with Crippen molar-refractivity contribution in [1.29, 1.82) is 0 Å². The minimum absolute atomic E-state index is 0.0417. The van der Waals surface area contributed by atoms with E-state index in [-0.39, 0.29) is 27.4 Å². The molecule has 0 aliphatic carbocycles. The minimum Gasteiger partial charge on any atom is -0.311 e. The molecule has 0 radical (unpaired) electrons. The number of hydrogen-bond acceptors (Lipinski definition) is 5. The Kier molecular flexibility index (Phi) is 6.03. The highest BCUT2D eigenvalue weighted by Crippen LogP contribution is 2.61. The van der Waals surface area contributed by atoms with Crippen LogP contribution < -0.4 is 9.80 Å².